The third-order valence-corrected chi connectivity index (χ3v) is 4.81. The molecule has 21 heavy (non-hydrogen) atoms. The second-order valence-electron chi connectivity index (χ2n) is 4.70. The molecule has 6 heteroatoms. The molecule has 0 aliphatic rings. The first-order chi connectivity index (χ1) is 9.88. The van der Waals surface area contributed by atoms with Crippen molar-refractivity contribution in [2.45, 2.75) is 17.6 Å². The summed E-state index contributed by atoms with van der Waals surface area (Å²) in [6, 6.07) is 10.1. The van der Waals surface area contributed by atoms with Crippen LogP contribution < -0.4 is 11.5 Å². The Hall–Kier alpha value is -1.85. The zero-order valence-corrected chi connectivity index (χ0v) is 13.0. The van der Waals surface area contributed by atoms with E-state index in [0.29, 0.717) is 26.7 Å². The fourth-order valence-electron chi connectivity index (χ4n) is 1.88. The highest BCUT2D eigenvalue weighted by Gasteiger charge is 2.12. The van der Waals surface area contributed by atoms with Gasteiger partial charge in [-0.15, -0.1) is 0 Å². The van der Waals surface area contributed by atoms with Crippen molar-refractivity contribution in [3.8, 4) is 0 Å². The molecule has 0 heterocycles. The lowest BCUT2D eigenvalue weighted by molar-refractivity contribution is 0.100. The summed E-state index contributed by atoms with van der Waals surface area (Å²) < 4.78 is 12.4. The van der Waals surface area contributed by atoms with E-state index in [2.05, 4.69) is 0 Å². The molecule has 0 saturated heterocycles. The number of carbonyl (C=O) groups is 1. The number of amides is 1. The van der Waals surface area contributed by atoms with E-state index in [-0.39, 0.29) is 5.75 Å². The van der Waals surface area contributed by atoms with Gasteiger partial charge in [0.05, 0.1) is 21.4 Å². The predicted molar refractivity (Wildman–Crippen MR) is 85.7 cm³/mol. The van der Waals surface area contributed by atoms with Gasteiger partial charge in [0.1, 0.15) is 0 Å². The molecule has 0 aliphatic heterocycles. The lowest BCUT2D eigenvalue weighted by atomic mass is 10.1. The fraction of sp³-hybridized carbons (Fsp3) is 0.133. The lowest BCUT2D eigenvalue weighted by Crippen LogP contribution is -2.11. The van der Waals surface area contributed by atoms with Crippen molar-refractivity contribution < 1.29 is 9.00 Å². The zero-order chi connectivity index (χ0) is 15.6. The van der Waals surface area contributed by atoms with Gasteiger partial charge in [0.25, 0.3) is 0 Å². The molecule has 110 valence electrons. The van der Waals surface area contributed by atoms with Gasteiger partial charge < -0.3 is 11.5 Å². The summed E-state index contributed by atoms with van der Waals surface area (Å²) in [5.41, 5.74) is 13.5. The number of nitrogen functional groups attached to an aromatic ring is 1. The van der Waals surface area contributed by atoms with E-state index in [1.165, 1.54) is 6.07 Å². The van der Waals surface area contributed by atoms with Gasteiger partial charge >= 0.3 is 0 Å². The zero-order valence-electron chi connectivity index (χ0n) is 11.4. The molecule has 1 unspecified atom stereocenters. The maximum absolute atomic E-state index is 12.4. The first-order valence-corrected chi connectivity index (χ1v) is 7.91. The minimum atomic E-state index is -1.31. The highest BCUT2D eigenvalue weighted by atomic mass is 35.5. The van der Waals surface area contributed by atoms with Crippen LogP contribution in [0.5, 0.6) is 0 Å². The number of rotatable bonds is 4. The molecule has 0 bridgehead atoms. The first kappa shape index (κ1) is 15.5. The molecule has 4 nitrogen and oxygen atoms in total. The van der Waals surface area contributed by atoms with E-state index in [1.54, 1.807) is 24.3 Å². The minimum absolute atomic E-state index is 0.228. The molecule has 2 rings (SSSR count). The van der Waals surface area contributed by atoms with Gasteiger partial charge in [-0.05, 0) is 42.3 Å². The molecular formula is C15H15ClN2O2S. The summed E-state index contributed by atoms with van der Waals surface area (Å²) in [6.07, 6.45) is 0. The average molecular weight is 323 g/mol. The van der Waals surface area contributed by atoms with E-state index >= 15 is 0 Å². The van der Waals surface area contributed by atoms with Crippen molar-refractivity contribution in [3.05, 3.63) is 58.1 Å². The summed E-state index contributed by atoms with van der Waals surface area (Å²) in [7, 11) is -1.31. The van der Waals surface area contributed by atoms with Crippen molar-refractivity contribution in [1.29, 1.82) is 0 Å². The van der Waals surface area contributed by atoms with Crippen LogP contribution in [0, 0.1) is 6.92 Å². The Morgan fingerprint density at radius 2 is 1.95 bits per heavy atom. The minimum Gasteiger partial charge on any atom is -0.398 e. The number of benzene rings is 2. The van der Waals surface area contributed by atoms with Crippen LogP contribution in [0.4, 0.5) is 5.69 Å². The topological polar surface area (TPSA) is 86.2 Å². The second kappa shape index (κ2) is 6.28. The van der Waals surface area contributed by atoms with E-state index in [1.807, 2.05) is 13.0 Å². The Balaban J connectivity index is 2.27. The van der Waals surface area contributed by atoms with E-state index in [0.717, 1.165) is 5.56 Å². The van der Waals surface area contributed by atoms with Crippen molar-refractivity contribution >= 4 is 34.0 Å². The van der Waals surface area contributed by atoms with Crippen LogP contribution >= 0.6 is 11.6 Å². The number of aryl methyl sites for hydroxylation is 1. The maximum Gasteiger partial charge on any atom is 0.248 e. The first-order valence-electron chi connectivity index (χ1n) is 6.21. The summed E-state index contributed by atoms with van der Waals surface area (Å²) >= 11 is 6.10. The number of anilines is 1. The SMILES string of the molecule is Cc1ccc(N)c(S(=O)Cc2ccc(C(N)=O)cc2Cl)c1. The Morgan fingerprint density at radius 3 is 2.57 bits per heavy atom. The predicted octanol–water partition coefficient (Wildman–Crippen LogP) is 2.64. The molecule has 2 aromatic rings. The van der Waals surface area contributed by atoms with E-state index < -0.39 is 16.7 Å². The molecular weight excluding hydrogens is 308 g/mol. The Labute approximate surface area is 130 Å². The monoisotopic (exact) mass is 322 g/mol. The smallest absolute Gasteiger partial charge is 0.248 e. The van der Waals surface area contributed by atoms with Crippen LogP contribution in [0.2, 0.25) is 5.02 Å². The average Bonchev–Trinajstić information content (AvgIpc) is 2.43. The number of hydrogen-bond donors (Lipinski definition) is 2. The lowest BCUT2D eigenvalue weighted by Gasteiger charge is -2.09. The molecule has 0 radical (unpaired) electrons. The Kier molecular flexibility index (Phi) is 4.65. The second-order valence-corrected chi connectivity index (χ2v) is 6.53. The van der Waals surface area contributed by atoms with Crippen LogP contribution in [-0.4, -0.2) is 10.1 Å². The van der Waals surface area contributed by atoms with Crippen LogP contribution in [0.1, 0.15) is 21.5 Å². The maximum atomic E-state index is 12.4. The van der Waals surface area contributed by atoms with Gasteiger partial charge in [-0.2, -0.15) is 0 Å². The van der Waals surface area contributed by atoms with Crippen molar-refractivity contribution in [2.24, 2.45) is 5.73 Å². The largest absolute Gasteiger partial charge is 0.398 e. The molecule has 0 fully saturated rings. The van der Waals surface area contributed by atoms with Crippen molar-refractivity contribution in [2.75, 3.05) is 5.73 Å². The van der Waals surface area contributed by atoms with Gasteiger partial charge in [0.15, 0.2) is 0 Å². The number of primary amides is 1. The highest BCUT2D eigenvalue weighted by molar-refractivity contribution is 7.84. The van der Waals surface area contributed by atoms with Gasteiger partial charge in [-0.25, -0.2) is 0 Å². The van der Waals surface area contributed by atoms with Gasteiger partial charge in [-0.1, -0.05) is 23.7 Å². The Morgan fingerprint density at radius 1 is 1.24 bits per heavy atom. The number of nitrogens with two attached hydrogens (primary N) is 2. The number of carbonyl (C=O) groups excluding carboxylic acids is 1. The normalized spacial score (nSPS) is 12.1. The fourth-order valence-corrected chi connectivity index (χ4v) is 3.54. The summed E-state index contributed by atoms with van der Waals surface area (Å²) in [4.78, 5) is 11.7. The van der Waals surface area contributed by atoms with Crippen LogP contribution in [-0.2, 0) is 16.6 Å². The molecule has 1 atom stereocenters. The van der Waals surface area contributed by atoms with Crippen molar-refractivity contribution in [3.63, 3.8) is 0 Å². The van der Waals surface area contributed by atoms with E-state index in [4.69, 9.17) is 23.1 Å². The highest BCUT2D eigenvalue weighted by Crippen LogP contribution is 2.24. The summed E-state index contributed by atoms with van der Waals surface area (Å²) in [5.74, 6) is -0.321. The standard InChI is InChI=1S/C15H15ClN2O2S/c1-9-2-5-13(17)14(6-9)21(20)8-11-4-3-10(15(18)19)7-12(11)16/h2-7H,8,17H2,1H3,(H2,18,19). The molecule has 0 spiro atoms. The van der Waals surface area contributed by atoms with Gasteiger partial charge in [0.2, 0.25) is 5.91 Å². The number of hydrogen-bond acceptors (Lipinski definition) is 3. The molecule has 4 N–H and O–H groups in total. The van der Waals surface area contributed by atoms with Crippen LogP contribution in [0.25, 0.3) is 0 Å². The summed E-state index contributed by atoms with van der Waals surface area (Å²) in [5, 5.41) is 0.367. The van der Waals surface area contributed by atoms with Crippen LogP contribution in [0.3, 0.4) is 0 Å². The third kappa shape index (κ3) is 3.62. The van der Waals surface area contributed by atoms with Crippen molar-refractivity contribution in [1.82, 2.24) is 0 Å². The molecule has 0 aliphatic carbocycles. The Bertz CT molecular complexity index is 732. The summed E-state index contributed by atoms with van der Waals surface area (Å²) in [6.45, 7) is 1.91. The quantitative estimate of drug-likeness (QED) is 0.848. The van der Waals surface area contributed by atoms with Crippen LogP contribution in [0.15, 0.2) is 41.3 Å². The van der Waals surface area contributed by atoms with Gasteiger partial charge in [0, 0.05) is 16.3 Å². The molecule has 2 aromatic carbocycles. The molecule has 1 amide bonds. The van der Waals surface area contributed by atoms with Gasteiger partial charge in [-0.3, -0.25) is 9.00 Å². The van der Waals surface area contributed by atoms with E-state index in [9.17, 15) is 9.00 Å². The number of halogens is 1. The molecule has 0 saturated carbocycles. The third-order valence-electron chi connectivity index (χ3n) is 3.04. The molecule has 0 aromatic heterocycles.